The maximum absolute atomic E-state index is 14.2. The van der Waals surface area contributed by atoms with Gasteiger partial charge in [0.1, 0.15) is 5.50 Å². The van der Waals surface area contributed by atoms with Gasteiger partial charge in [0.15, 0.2) is 5.15 Å². The van der Waals surface area contributed by atoms with E-state index in [4.69, 9.17) is 0 Å². The average molecular weight is 499 g/mol. The zero-order valence-electron chi connectivity index (χ0n) is 19.0. The molecule has 1 amide bonds. The summed E-state index contributed by atoms with van der Waals surface area (Å²) in [5.41, 5.74) is 1.86. The highest BCUT2D eigenvalue weighted by Gasteiger charge is 2.22. The minimum Gasteiger partial charge on any atom is -0.369 e. The van der Waals surface area contributed by atoms with Gasteiger partial charge in [-0.05, 0) is 42.8 Å². The van der Waals surface area contributed by atoms with Crippen LogP contribution < -0.4 is 10.2 Å². The van der Waals surface area contributed by atoms with Gasteiger partial charge in [0.25, 0.3) is 0 Å². The van der Waals surface area contributed by atoms with Crippen LogP contribution in [0, 0.1) is 0 Å². The highest BCUT2D eigenvalue weighted by atomic mass is 32.2. The lowest BCUT2D eigenvalue weighted by Crippen LogP contribution is -2.46. The molecule has 0 bridgehead atoms. The Balaban J connectivity index is 1.23. The average Bonchev–Trinajstić information content (AvgIpc) is 2.78. The summed E-state index contributed by atoms with van der Waals surface area (Å²) >= 11 is 1.80. The highest BCUT2D eigenvalue weighted by Crippen LogP contribution is 2.41. The second kappa shape index (κ2) is 12.6. The Morgan fingerprint density at radius 1 is 1.12 bits per heavy atom. The number of alkyl halides is 1. The first-order valence-corrected chi connectivity index (χ1v) is 13.7. The molecule has 2 heterocycles. The first-order chi connectivity index (χ1) is 15.3. The second-order valence-electron chi connectivity index (χ2n) is 8.63. The minimum atomic E-state index is -1.46. The zero-order valence-corrected chi connectivity index (χ0v) is 22.1. The van der Waals surface area contributed by atoms with Crippen molar-refractivity contribution < 1.29 is 9.18 Å². The van der Waals surface area contributed by atoms with Gasteiger partial charge in [-0.2, -0.15) is 0 Å². The molecule has 9 heteroatoms. The Morgan fingerprint density at radius 2 is 1.84 bits per heavy atom. The van der Waals surface area contributed by atoms with Crippen LogP contribution in [0.15, 0.2) is 36.5 Å². The van der Waals surface area contributed by atoms with Crippen LogP contribution in [-0.2, 0) is 9.95 Å². The molecule has 2 aliphatic heterocycles. The van der Waals surface area contributed by atoms with E-state index in [-0.39, 0.29) is 11.4 Å². The molecular formula is C23H37FN4OP2S. The molecule has 0 saturated carbocycles. The van der Waals surface area contributed by atoms with Crippen LogP contribution in [-0.4, -0.2) is 66.7 Å². The Labute approximate surface area is 201 Å². The Morgan fingerprint density at radius 3 is 2.59 bits per heavy atom. The van der Waals surface area contributed by atoms with E-state index in [0.717, 1.165) is 37.6 Å². The van der Waals surface area contributed by atoms with Crippen molar-refractivity contribution in [2.24, 2.45) is 0 Å². The van der Waals surface area contributed by atoms with E-state index in [2.05, 4.69) is 39.7 Å². The monoisotopic (exact) mass is 498 g/mol. The molecule has 0 radical (unpaired) electrons. The molecule has 5 nitrogen and oxygen atoms in total. The van der Waals surface area contributed by atoms with Crippen LogP contribution in [0.4, 0.5) is 10.1 Å². The van der Waals surface area contributed by atoms with E-state index in [1.54, 1.807) is 17.8 Å². The quantitative estimate of drug-likeness (QED) is 0.366. The normalized spacial score (nSPS) is 20.0. The largest absolute Gasteiger partial charge is 0.369 e. The van der Waals surface area contributed by atoms with Crippen LogP contribution in [0.25, 0.3) is 0 Å². The second-order valence-corrected chi connectivity index (χ2v) is 12.2. The van der Waals surface area contributed by atoms with Crippen LogP contribution in [0.1, 0.15) is 37.7 Å². The van der Waals surface area contributed by atoms with Crippen LogP contribution >= 0.6 is 30.2 Å². The van der Waals surface area contributed by atoms with Crippen molar-refractivity contribution >= 4 is 41.8 Å². The number of unbranched alkanes of at least 4 members (excludes halogenated alkanes) is 4. The molecule has 3 unspecified atom stereocenters. The molecule has 0 aliphatic carbocycles. The number of thioether (sulfide) groups is 1. The summed E-state index contributed by atoms with van der Waals surface area (Å²) in [6.45, 7) is 5.29. The third kappa shape index (κ3) is 8.17. The molecule has 1 aromatic carbocycles. The lowest BCUT2D eigenvalue weighted by Gasteiger charge is -2.36. The minimum absolute atomic E-state index is 0.00291. The summed E-state index contributed by atoms with van der Waals surface area (Å²) in [5.74, 6) is 1.07. The van der Waals surface area contributed by atoms with Gasteiger partial charge in [-0.3, -0.25) is 9.69 Å². The predicted molar refractivity (Wildman–Crippen MR) is 142 cm³/mol. The van der Waals surface area contributed by atoms with Crippen molar-refractivity contribution in [2.75, 3.05) is 50.4 Å². The summed E-state index contributed by atoms with van der Waals surface area (Å²) in [6, 6.07) is 7.82. The summed E-state index contributed by atoms with van der Waals surface area (Å²) in [7, 11) is 6.49. The van der Waals surface area contributed by atoms with Crippen molar-refractivity contribution in [2.45, 2.75) is 42.8 Å². The number of nitrogens with zero attached hydrogens (tertiary/aromatic N) is 3. The number of carbonyl (C=O) groups is 1. The fourth-order valence-electron chi connectivity index (χ4n) is 4.03. The van der Waals surface area contributed by atoms with Crippen molar-refractivity contribution in [3.63, 3.8) is 0 Å². The van der Waals surface area contributed by atoms with E-state index >= 15 is 0 Å². The molecular weight excluding hydrogens is 461 g/mol. The molecule has 32 heavy (non-hydrogen) atoms. The van der Waals surface area contributed by atoms with E-state index < -0.39 is 5.15 Å². The van der Waals surface area contributed by atoms with Gasteiger partial charge < -0.3 is 15.1 Å². The summed E-state index contributed by atoms with van der Waals surface area (Å²) in [4.78, 5) is 18.4. The van der Waals surface area contributed by atoms with Crippen LogP contribution in [0.5, 0.6) is 0 Å². The SMILES string of the molecule is CN1C=CC(=O)NC1SCCCCCCCN1CCN(c2cccc(C(F)(P)P)c2)CC1. The molecule has 1 N–H and O–H groups in total. The molecule has 1 fully saturated rings. The van der Waals surface area contributed by atoms with Crippen molar-refractivity contribution in [3.8, 4) is 0 Å². The lowest BCUT2D eigenvalue weighted by molar-refractivity contribution is -0.117. The molecule has 1 saturated heterocycles. The van der Waals surface area contributed by atoms with E-state index in [0.29, 0.717) is 5.56 Å². The van der Waals surface area contributed by atoms with Gasteiger partial charge in [-0.15, -0.1) is 11.8 Å². The highest BCUT2D eigenvalue weighted by molar-refractivity contribution is 7.99. The van der Waals surface area contributed by atoms with E-state index in [1.165, 1.54) is 38.6 Å². The maximum atomic E-state index is 14.2. The number of hydrogen-bond donors (Lipinski definition) is 1. The Kier molecular flexibility index (Phi) is 10.1. The topological polar surface area (TPSA) is 38.8 Å². The van der Waals surface area contributed by atoms with Gasteiger partial charge in [-0.1, -0.05) is 49.9 Å². The van der Waals surface area contributed by atoms with Gasteiger partial charge in [0, 0.05) is 51.2 Å². The van der Waals surface area contributed by atoms with Crippen molar-refractivity contribution in [1.82, 2.24) is 15.1 Å². The molecule has 2 aliphatic rings. The first kappa shape index (κ1) is 25.7. The smallest absolute Gasteiger partial charge is 0.247 e. The van der Waals surface area contributed by atoms with Crippen LogP contribution in [0.3, 0.4) is 0 Å². The number of piperazine rings is 1. The number of halogens is 1. The van der Waals surface area contributed by atoms with E-state index in [9.17, 15) is 9.18 Å². The number of carbonyl (C=O) groups excluding carboxylic acids is 1. The number of amides is 1. The van der Waals surface area contributed by atoms with Crippen molar-refractivity contribution in [3.05, 3.63) is 42.1 Å². The molecule has 178 valence electrons. The zero-order chi connectivity index (χ0) is 23.0. The third-order valence-electron chi connectivity index (χ3n) is 6.02. The number of anilines is 1. The molecule has 3 atom stereocenters. The molecule has 1 aromatic rings. The van der Waals surface area contributed by atoms with Gasteiger partial charge in [0.05, 0.1) is 0 Å². The molecule has 0 aromatic heterocycles. The molecule has 3 rings (SSSR count). The first-order valence-electron chi connectivity index (χ1n) is 11.5. The predicted octanol–water partition coefficient (Wildman–Crippen LogP) is 4.18. The standard InChI is InChI=1S/C23H37FN4OP2S/c1-26-12-10-21(29)25-22(26)32-17-6-4-2-3-5-11-27-13-15-28(16-14-27)20-9-7-8-19(18-20)23(24,30)31/h7-10,12,18,22H,2-6,11,13-17,30-31H2,1H3,(H,25,29). The maximum Gasteiger partial charge on any atom is 0.247 e. The Hall–Kier alpha value is -0.870. The number of benzene rings is 1. The fourth-order valence-corrected chi connectivity index (χ4v) is 5.49. The fraction of sp³-hybridized carbons (Fsp3) is 0.609. The number of rotatable bonds is 11. The molecule has 0 spiro atoms. The number of nitrogens with one attached hydrogen (secondary N) is 1. The van der Waals surface area contributed by atoms with Gasteiger partial charge in [-0.25, -0.2) is 4.39 Å². The summed E-state index contributed by atoms with van der Waals surface area (Å²) in [6.07, 6.45) is 9.65. The summed E-state index contributed by atoms with van der Waals surface area (Å²) < 4.78 is 14.2. The summed E-state index contributed by atoms with van der Waals surface area (Å²) in [5, 5.41) is 1.51. The van der Waals surface area contributed by atoms with Crippen molar-refractivity contribution in [1.29, 1.82) is 0 Å². The van der Waals surface area contributed by atoms with Crippen LogP contribution in [0.2, 0.25) is 0 Å². The van der Waals surface area contributed by atoms with Gasteiger partial charge >= 0.3 is 0 Å². The Bertz CT molecular complexity index is 769. The van der Waals surface area contributed by atoms with E-state index in [1.807, 2.05) is 36.3 Å². The lowest BCUT2D eigenvalue weighted by atomic mass is 10.1. The number of hydrogen-bond acceptors (Lipinski definition) is 5. The van der Waals surface area contributed by atoms with Gasteiger partial charge in [0.2, 0.25) is 5.91 Å². The third-order valence-corrected chi connectivity index (χ3v) is 7.97.